The van der Waals surface area contributed by atoms with Gasteiger partial charge in [-0.05, 0) is 38.1 Å². The summed E-state index contributed by atoms with van der Waals surface area (Å²) < 4.78 is 0. The van der Waals surface area contributed by atoms with Crippen molar-refractivity contribution in [2.45, 2.75) is 12.8 Å². The van der Waals surface area contributed by atoms with Crippen molar-refractivity contribution in [2.75, 3.05) is 25.4 Å². The maximum atomic E-state index is 11.8. The zero-order valence-corrected chi connectivity index (χ0v) is 10.2. The molecule has 3 N–H and O–H groups in total. The molecule has 0 atom stereocenters. The van der Waals surface area contributed by atoms with Gasteiger partial charge < -0.3 is 5.73 Å². The summed E-state index contributed by atoms with van der Waals surface area (Å²) in [6, 6.07) is 6.71. The number of nitrogens with two attached hydrogens (primary N) is 1. The van der Waals surface area contributed by atoms with Crippen molar-refractivity contribution in [2.24, 2.45) is 0 Å². The van der Waals surface area contributed by atoms with E-state index in [-0.39, 0.29) is 12.5 Å². The first-order valence-electron chi connectivity index (χ1n) is 6.08. The maximum Gasteiger partial charge on any atom is 0.259 e. The summed E-state index contributed by atoms with van der Waals surface area (Å²) >= 11 is 0. The first-order chi connectivity index (χ1) is 8.66. The van der Waals surface area contributed by atoms with Gasteiger partial charge in [-0.15, -0.1) is 0 Å². The van der Waals surface area contributed by atoms with Crippen molar-refractivity contribution in [1.82, 2.24) is 10.2 Å². The van der Waals surface area contributed by atoms with Gasteiger partial charge in [0.05, 0.1) is 12.1 Å². The normalized spacial score (nSPS) is 15.6. The molecule has 1 aliphatic heterocycles. The van der Waals surface area contributed by atoms with E-state index in [0.717, 1.165) is 25.9 Å². The number of imide groups is 1. The Labute approximate surface area is 106 Å². The van der Waals surface area contributed by atoms with Crippen molar-refractivity contribution >= 4 is 17.5 Å². The summed E-state index contributed by atoms with van der Waals surface area (Å²) in [4.78, 5) is 25.5. The lowest BCUT2D eigenvalue weighted by molar-refractivity contribution is -0.121. The Balaban J connectivity index is 1.91. The third kappa shape index (κ3) is 3.07. The van der Waals surface area contributed by atoms with Crippen LogP contribution in [0.2, 0.25) is 0 Å². The molecular weight excluding hydrogens is 230 g/mol. The number of carbonyl (C=O) groups is 2. The highest BCUT2D eigenvalue weighted by atomic mass is 16.2. The molecule has 5 nitrogen and oxygen atoms in total. The monoisotopic (exact) mass is 247 g/mol. The van der Waals surface area contributed by atoms with Crippen LogP contribution in [0.3, 0.4) is 0 Å². The van der Waals surface area contributed by atoms with E-state index in [9.17, 15) is 9.59 Å². The number of anilines is 1. The first kappa shape index (κ1) is 12.6. The molecule has 0 spiro atoms. The highest BCUT2D eigenvalue weighted by molar-refractivity contribution is 6.07. The van der Waals surface area contributed by atoms with Crippen LogP contribution in [0.5, 0.6) is 0 Å². The Morgan fingerprint density at radius 2 is 1.89 bits per heavy atom. The zero-order valence-electron chi connectivity index (χ0n) is 10.2. The third-order valence-corrected chi connectivity index (χ3v) is 3.02. The molecule has 0 aromatic heterocycles. The number of nitrogens with zero attached hydrogens (tertiary/aromatic N) is 1. The second kappa shape index (κ2) is 5.64. The molecule has 1 aliphatic rings. The number of nitrogen functional groups attached to an aromatic ring is 1. The topological polar surface area (TPSA) is 75.4 Å². The molecule has 5 heteroatoms. The molecule has 18 heavy (non-hydrogen) atoms. The Morgan fingerprint density at radius 1 is 1.22 bits per heavy atom. The molecule has 1 saturated heterocycles. The van der Waals surface area contributed by atoms with Gasteiger partial charge >= 0.3 is 0 Å². The van der Waals surface area contributed by atoms with Crippen LogP contribution in [0.1, 0.15) is 23.2 Å². The van der Waals surface area contributed by atoms with E-state index in [2.05, 4.69) is 5.32 Å². The number of rotatable bonds is 3. The quantitative estimate of drug-likeness (QED) is 0.768. The Kier molecular flexibility index (Phi) is 3.94. The van der Waals surface area contributed by atoms with E-state index in [4.69, 9.17) is 5.73 Å². The fraction of sp³-hybridized carbons (Fsp3) is 0.385. The molecule has 0 aliphatic carbocycles. The number of benzene rings is 1. The number of nitrogens with one attached hydrogen (secondary N) is 1. The molecule has 2 rings (SSSR count). The third-order valence-electron chi connectivity index (χ3n) is 3.02. The zero-order chi connectivity index (χ0) is 13.0. The Morgan fingerprint density at radius 3 is 2.56 bits per heavy atom. The van der Waals surface area contributed by atoms with Crippen LogP contribution >= 0.6 is 0 Å². The lowest BCUT2D eigenvalue weighted by Crippen LogP contribution is -2.39. The van der Waals surface area contributed by atoms with Gasteiger partial charge in [0.2, 0.25) is 5.91 Å². The number of carbonyl (C=O) groups excluding carboxylic acids is 2. The molecule has 0 bridgehead atoms. The average molecular weight is 247 g/mol. The largest absolute Gasteiger partial charge is 0.398 e. The van der Waals surface area contributed by atoms with E-state index >= 15 is 0 Å². The number of amides is 2. The van der Waals surface area contributed by atoms with E-state index in [1.165, 1.54) is 0 Å². The summed E-state index contributed by atoms with van der Waals surface area (Å²) in [7, 11) is 0. The van der Waals surface area contributed by atoms with Crippen molar-refractivity contribution in [3.8, 4) is 0 Å². The molecule has 0 radical (unpaired) electrons. The highest BCUT2D eigenvalue weighted by Crippen LogP contribution is 2.10. The smallest absolute Gasteiger partial charge is 0.259 e. The van der Waals surface area contributed by atoms with Crippen LogP contribution in [0.25, 0.3) is 0 Å². The average Bonchev–Trinajstić information content (AvgIpc) is 2.82. The summed E-state index contributed by atoms with van der Waals surface area (Å²) in [5.74, 6) is -0.706. The Bertz CT molecular complexity index is 453. The summed E-state index contributed by atoms with van der Waals surface area (Å²) in [5, 5.41) is 2.36. The number of likely N-dealkylation sites (tertiary alicyclic amines) is 1. The van der Waals surface area contributed by atoms with Gasteiger partial charge in [-0.3, -0.25) is 19.8 Å². The van der Waals surface area contributed by atoms with Crippen molar-refractivity contribution in [3.63, 3.8) is 0 Å². The molecule has 1 fully saturated rings. The molecule has 1 aromatic carbocycles. The second-order valence-electron chi connectivity index (χ2n) is 4.45. The highest BCUT2D eigenvalue weighted by Gasteiger charge is 2.17. The molecule has 0 saturated carbocycles. The molecule has 96 valence electrons. The van der Waals surface area contributed by atoms with Gasteiger partial charge in [0.1, 0.15) is 0 Å². The predicted octanol–water partition coefficient (Wildman–Crippen LogP) is 0.621. The minimum Gasteiger partial charge on any atom is -0.398 e. The van der Waals surface area contributed by atoms with Gasteiger partial charge in [0.25, 0.3) is 5.91 Å². The molecule has 2 amide bonds. The minimum absolute atomic E-state index is 0.273. The van der Waals surface area contributed by atoms with E-state index in [1.54, 1.807) is 24.3 Å². The first-order valence-corrected chi connectivity index (χ1v) is 6.08. The van der Waals surface area contributed by atoms with Gasteiger partial charge in [0.15, 0.2) is 0 Å². The molecule has 1 aromatic rings. The van der Waals surface area contributed by atoms with E-state index in [0.29, 0.717) is 11.3 Å². The van der Waals surface area contributed by atoms with E-state index in [1.807, 2.05) is 4.90 Å². The number of para-hydroxylation sites is 1. The predicted molar refractivity (Wildman–Crippen MR) is 69.0 cm³/mol. The van der Waals surface area contributed by atoms with Crippen molar-refractivity contribution in [1.29, 1.82) is 0 Å². The van der Waals surface area contributed by atoms with Crippen LogP contribution in [0.4, 0.5) is 5.69 Å². The summed E-state index contributed by atoms with van der Waals surface area (Å²) in [5.41, 5.74) is 6.40. The Hall–Kier alpha value is -1.88. The van der Waals surface area contributed by atoms with Crippen LogP contribution in [-0.4, -0.2) is 36.3 Å². The number of hydrogen-bond donors (Lipinski definition) is 2. The SMILES string of the molecule is Nc1ccccc1C(=O)NC(=O)CN1CCCC1. The van der Waals surface area contributed by atoms with Crippen molar-refractivity contribution < 1.29 is 9.59 Å². The second-order valence-corrected chi connectivity index (χ2v) is 4.45. The molecular formula is C13H17N3O2. The molecule has 1 heterocycles. The fourth-order valence-electron chi connectivity index (χ4n) is 2.08. The van der Waals surface area contributed by atoms with Gasteiger partial charge in [-0.1, -0.05) is 12.1 Å². The van der Waals surface area contributed by atoms with Crippen LogP contribution in [0.15, 0.2) is 24.3 Å². The van der Waals surface area contributed by atoms with E-state index < -0.39 is 5.91 Å². The maximum absolute atomic E-state index is 11.8. The molecule has 0 unspecified atom stereocenters. The summed E-state index contributed by atoms with van der Waals surface area (Å²) in [6.07, 6.45) is 2.24. The fourth-order valence-corrected chi connectivity index (χ4v) is 2.08. The number of hydrogen-bond acceptors (Lipinski definition) is 4. The van der Waals surface area contributed by atoms with Crippen LogP contribution in [0, 0.1) is 0 Å². The van der Waals surface area contributed by atoms with Gasteiger partial charge in [0, 0.05) is 5.69 Å². The minimum atomic E-state index is -0.433. The lowest BCUT2D eigenvalue weighted by atomic mass is 10.1. The lowest BCUT2D eigenvalue weighted by Gasteiger charge is -2.13. The van der Waals surface area contributed by atoms with Crippen LogP contribution in [-0.2, 0) is 4.79 Å². The van der Waals surface area contributed by atoms with Gasteiger partial charge in [-0.2, -0.15) is 0 Å². The van der Waals surface area contributed by atoms with Gasteiger partial charge in [-0.25, -0.2) is 0 Å². The standard InChI is InChI=1S/C13H17N3O2/c14-11-6-2-1-5-10(11)13(18)15-12(17)9-16-7-3-4-8-16/h1-2,5-6H,3-4,7-9,14H2,(H,15,17,18). The summed E-state index contributed by atoms with van der Waals surface area (Å²) in [6.45, 7) is 2.13. The van der Waals surface area contributed by atoms with Crippen molar-refractivity contribution in [3.05, 3.63) is 29.8 Å². The van der Waals surface area contributed by atoms with Crippen LogP contribution < -0.4 is 11.1 Å².